The molecular formula is C11H19NOS2. The summed E-state index contributed by atoms with van der Waals surface area (Å²) >= 11 is 3.72. The first-order valence-electron chi connectivity index (χ1n) is 5.19. The van der Waals surface area contributed by atoms with Gasteiger partial charge in [0, 0.05) is 18.3 Å². The minimum Gasteiger partial charge on any atom is -0.496 e. The molecule has 0 aliphatic heterocycles. The predicted octanol–water partition coefficient (Wildman–Crippen LogP) is 2.99. The van der Waals surface area contributed by atoms with Crippen LogP contribution in [0, 0.1) is 0 Å². The van der Waals surface area contributed by atoms with Crippen LogP contribution < -0.4 is 10.1 Å². The Hall–Kier alpha value is -0.190. The van der Waals surface area contributed by atoms with Gasteiger partial charge in [-0.15, -0.1) is 11.3 Å². The molecule has 0 fully saturated rings. The van der Waals surface area contributed by atoms with Gasteiger partial charge in [0.2, 0.25) is 0 Å². The molecular weight excluding hydrogens is 226 g/mol. The van der Waals surface area contributed by atoms with Gasteiger partial charge in [0.05, 0.1) is 12.0 Å². The summed E-state index contributed by atoms with van der Waals surface area (Å²) in [5, 5.41) is 5.57. The Kier molecular flexibility index (Phi) is 6.13. The first kappa shape index (κ1) is 12.9. The highest BCUT2D eigenvalue weighted by molar-refractivity contribution is 7.99. The largest absolute Gasteiger partial charge is 0.496 e. The van der Waals surface area contributed by atoms with E-state index in [1.807, 2.05) is 17.8 Å². The van der Waals surface area contributed by atoms with Crippen molar-refractivity contribution in [1.82, 2.24) is 5.32 Å². The van der Waals surface area contributed by atoms with Crippen molar-refractivity contribution in [3.05, 3.63) is 16.3 Å². The third-order valence-electron chi connectivity index (χ3n) is 2.11. The van der Waals surface area contributed by atoms with Gasteiger partial charge in [-0.3, -0.25) is 0 Å². The maximum atomic E-state index is 5.26. The van der Waals surface area contributed by atoms with Gasteiger partial charge in [-0.25, -0.2) is 0 Å². The Labute approximate surface area is 100 Å². The van der Waals surface area contributed by atoms with Crippen LogP contribution in [-0.4, -0.2) is 24.7 Å². The lowest BCUT2D eigenvalue weighted by Gasteiger charge is -2.12. The first-order chi connectivity index (χ1) is 7.27. The summed E-state index contributed by atoms with van der Waals surface area (Å²) in [7, 11) is 1.72. The molecule has 0 aromatic carbocycles. The van der Waals surface area contributed by atoms with E-state index in [9.17, 15) is 0 Å². The number of rotatable bonds is 7. The molecule has 0 aliphatic carbocycles. The van der Waals surface area contributed by atoms with E-state index in [0.717, 1.165) is 12.3 Å². The van der Waals surface area contributed by atoms with Gasteiger partial charge < -0.3 is 10.1 Å². The highest BCUT2D eigenvalue weighted by atomic mass is 32.2. The Morgan fingerprint density at radius 2 is 2.40 bits per heavy atom. The smallest absolute Gasteiger partial charge is 0.134 e. The van der Waals surface area contributed by atoms with Gasteiger partial charge in [-0.05, 0) is 24.1 Å². The van der Waals surface area contributed by atoms with Gasteiger partial charge in [0.1, 0.15) is 5.75 Å². The molecule has 86 valence electrons. The van der Waals surface area contributed by atoms with Crippen LogP contribution in [0.25, 0.3) is 0 Å². The Morgan fingerprint density at radius 1 is 1.60 bits per heavy atom. The molecule has 1 N–H and O–H groups in total. The van der Waals surface area contributed by atoms with E-state index in [1.54, 1.807) is 18.4 Å². The summed E-state index contributed by atoms with van der Waals surface area (Å²) in [6.45, 7) is 5.33. The normalized spacial score (nSPS) is 12.7. The summed E-state index contributed by atoms with van der Waals surface area (Å²) in [5.41, 5.74) is 0. The number of hydrogen-bond acceptors (Lipinski definition) is 4. The zero-order chi connectivity index (χ0) is 11.1. The summed E-state index contributed by atoms with van der Waals surface area (Å²) in [6, 6.07) is 2.58. The van der Waals surface area contributed by atoms with Gasteiger partial charge in [0.25, 0.3) is 0 Å². The van der Waals surface area contributed by atoms with Crippen LogP contribution in [0.3, 0.4) is 0 Å². The van der Waals surface area contributed by atoms with Gasteiger partial charge in [-0.1, -0.05) is 6.92 Å². The SMILES string of the molecule is CCSCC(C)NCc1sccc1OC. The molecule has 0 bridgehead atoms. The van der Waals surface area contributed by atoms with E-state index in [2.05, 4.69) is 24.5 Å². The molecule has 1 unspecified atom stereocenters. The van der Waals surface area contributed by atoms with Gasteiger partial charge in [0.15, 0.2) is 0 Å². The van der Waals surface area contributed by atoms with Crippen LogP contribution in [0.5, 0.6) is 5.75 Å². The van der Waals surface area contributed by atoms with E-state index in [4.69, 9.17) is 4.74 Å². The zero-order valence-electron chi connectivity index (χ0n) is 9.58. The predicted molar refractivity (Wildman–Crippen MR) is 70.2 cm³/mol. The number of nitrogens with one attached hydrogen (secondary N) is 1. The van der Waals surface area contributed by atoms with E-state index in [1.165, 1.54) is 16.4 Å². The minimum absolute atomic E-state index is 0.557. The summed E-state index contributed by atoms with van der Waals surface area (Å²) in [4.78, 5) is 1.28. The number of thiophene rings is 1. The van der Waals surface area contributed by atoms with Crippen molar-refractivity contribution >= 4 is 23.1 Å². The van der Waals surface area contributed by atoms with Crippen molar-refractivity contribution in [2.45, 2.75) is 26.4 Å². The molecule has 0 saturated carbocycles. The summed E-state index contributed by atoms with van der Waals surface area (Å²) in [5.74, 6) is 3.36. The first-order valence-corrected chi connectivity index (χ1v) is 7.22. The van der Waals surface area contributed by atoms with Crippen molar-refractivity contribution in [3.63, 3.8) is 0 Å². The topological polar surface area (TPSA) is 21.3 Å². The second-order valence-corrected chi connectivity index (χ2v) is 5.67. The van der Waals surface area contributed by atoms with E-state index < -0.39 is 0 Å². The fraction of sp³-hybridized carbons (Fsp3) is 0.636. The highest BCUT2D eigenvalue weighted by Crippen LogP contribution is 2.24. The number of hydrogen-bond donors (Lipinski definition) is 1. The molecule has 1 rings (SSSR count). The quantitative estimate of drug-likeness (QED) is 0.798. The lowest BCUT2D eigenvalue weighted by atomic mass is 10.3. The van der Waals surface area contributed by atoms with Gasteiger partial charge >= 0.3 is 0 Å². The van der Waals surface area contributed by atoms with Crippen LogP contribution in [0.1, 0.15) is 18.7 Å². The molecule has 15 heavy (non-hydrogen) atoms. The number of ether oxygens (including phenoxy) is 1. The van der Waals surface area contributed by atoms with Crippen LogP contribution >= 0.6 is 23.1 Å². The molecule has 0 amide bonds. The van der Waals surface area contributed by atoms with Crippen LogP contribution in [0.15, 0.2) is 11.4 Å². The van der Waals surface area contributed by atoms with E-state index in [0.29, 0.717) is 6.04 Å². The zero-order valence-corrected chi connectivity index (χ0v) is 11.2. The molecule has 0 aliphatic rings. The third kappa shape index (κ3) is 4.45. The summed E-state index contributed by atoms with van der Waals surface area (Å²) < 4.78 is 5.26. The molecule has 0 radical (unpaired) electrons. The van der Waals surface area contributed by atoms with Crippen molar-refractivity contribution in [3.8, 4) is 5.75 Å². The minimum atomic E-state index is 0.557. The molecule has 2 nitrogen and oxygen atoms in total. The van der Waals surface area contributed by atoms with Crippen molar-refractivity contribution in [1.29, 1.82) is 0 Å². The maximum Gasteiger partial charge on any atom is 0.134 e. The fourth-order valence-electron chi connectivity index (χ4n) is 1.26. The highest BCUT2D eigenvalue weighted by Gasteiger charge is 2.06. The molecule has 4 heteroatoms. The number of methoxy groups -OCH3 is 1. The van der Waals surface area contributed by atoms with E-state index in [-0.39, 0.29) is 0 Å². The standard InChI is InChI=1S/C11H19NOS2/c1-4-14-8-9(2)12-7-11-10(13-3)5-6-15-11/h5-6,9,12H,4,7-8H2,1-3H3. The second-order valence-electron chi connectivity index (χ2n) is 3.35. The molecule has 1 atom stereocenters. The molecule has 0 spiro atoms. The lowest BCUT2D eigenvalue weighted by molar-refractivity contribution is 0.409. The van der Waals surface area contributed by atoms with E-state index >= 15 is 0 Å². The molecule has 0 saturated heterocycles. The van der Waals surface area contributed by atoms with Crippen LogP contribution in [0.2, 0.25) is 0 Å². The Bertz CT molecular complexity index is 275. The van der Waals surface area contributed by atoms with Crippen molar-refractivity contribution in [2.24, 2.45) is 0 Å². The second kappa shape index (κ2) is 7.14. The third-order valence-corrected chi connectivity index (χ3v) is 4.15. The van der Waals surface area contributed by atoms with Crippen molar-refractivity contribution < 1.29 is 4.74 Å². The molecule has 1 aromatic heterocycles. The average Bonchev–Trinajstić information content (AvgIpc) is 2.70. The number of thioether (sulfide) groups is 1. The average molecular weight is 245 g/mol. The van der Waals surface area contributed by atoms with Crippen LogP contribution in [0.4, 0.5) is 0 Å². The fourth-order valence-corrected chi connectivity index (χ4v) is 2.76. The lowest BCUT2D eigenvalue weighted by Crippen LogP contribution is -2.27. The maximum absolute atomic E-state index is 5.26. The Morgan fingerprint density at radius 3 is 3.07 bits per heavy atom. The summed E-state index contributed by atoms with van der Waals surface area (Å²) in [6.07, 6.45) is 0. The van der Waals surface area contributed by atoms with Crippen molar-refractivity contribution in [2.75, 3.05) is 18.6 Å². The monoisotopic (exact) mass is 245 g/mol. The van der Waals surface area contributed by atoms with Crippen LogP contribution in [-0.2, 0) is 6.54 Å². The molecule has 1 aromatic rings. The van der Waals surface area contributed by atoms with Gasteiger partial charge in [-0.2, -0.15) is 11.8 Å². The Balaban J connectivity index is 2.30. The molecule has 1 heterocycles.